The molecule has 2 saturated carbocycles. The molecule has 2 amide bonds. The summed E-state index contributed by atoms with van der Waals surface area (Å²) < 4.78 is 0. The molecule has 190 valence electrons. The Bertz CT molecular complexity index is 912. The van der Waals surface area contributed by atoms with Crippen LogP contribution in [-0.2, 0) is 16.0 Å². The summed E-state index contributed by atoms with van der Waals surface area (Å²) >= 11 is 1.50. The monoisotopic (exact) mass is 491 g/mol. The van der Waals surface area contributed by atoms with Gasteiger partial charge in [-0.1, -0.05) is 33.1 Å². The number of rotatable bonds is 6. The molecule has 8 heteroatoms. The van der Waals surface area contributed by atoms with Crippen molar-refractivity contribution in [3.05, 3.63) is 10.6 Å². The largest absolute Gasteiger partial charge is 0.396 e. The molecule has 2 fully saturated rings. The Hall–Kier alpha value is -1.51. The van der Waals surface area contributed by atoms with Crippen LogP contribution in [-0.4, -0.2) is 45.8 Å². The molecular weight excluding hydrogens is 450 g/mol. The average Bonchev–Trinajstić information content (AvgIpc) is 3.20. The van der Waals surface area contributed by atoms with Crippen molar-refractivity contribution in [1.29, 1.82) is 0 Å². The molecule has 0 radical (unpaired) electrons. The van der Waals surface area contributed by atoms with E-state index in [9.17, 15) is 19.8 Å². The van der Waals surface area contributed by atoms with Crippen LogP contribution in [0.1, 0.15) is 95.6 Å². The molecule has 4 rings (SSSR count). The second kappa shape index (κ2) is 9.86. The van der Waals surface area contributed by atoms with E-state index in [4.69, 9.17) is 4.98 Å². The predicted molar refractivity (Wildman–Crippen MR) is 134 cm³/mol. The van der Waals surface area contributed by atoms with Crippen LogP contribution in [0.15, 0.2) is 0 Å². The van der Waals surface area contributed by atoms with Crippen molar-refractivity contribution in [1.82, 2.24) is 10.3 Å². The summed E-state index contributed by atoms with van der Waals surface area (Å²) in [5.74, 6) is -0.0183. The highest BCUT2D eigenvalue weighted by Crippen LogP contribution is 2.62. The molecule has 34 heavy (non-hydrogen) atoms. The van der Waals surface area contributed by atoms with Crippen LogP contribution < -0.4 is 10.6 Å². The number of aliphatic hydroxyl groups excluding tert-OH is 2. The van der Waals surface area contributed by atoms with Gasteiger partial charge in [0.25, 0.3) is 0 Å². The van der Waals surface area contributed by atoms with E-state index in [2.05, 4.69) is 17.6 Å². The minimum Gasteiger partial charge on any atom is -0.396 e. The van der Waals surface area contributed by atoms with Crippen molar-refractivity contribution in [3.63, 3.8) is 0 Å². The third-order valence-corrected chi connectivity index (χ3v) is 9.95. The number of aromatic nitrogens is 1. The first kappa shape index (κ1) is 25.6. The smallest absolute Gasteiger partial charge is 0.229 e. The van der Waals surface area contributed by atoms with Crippen molar-refractivity contribution in [2.45, 2.75) is 104 Å². The van der Waals surface area contributed by atoms with Gasteiger partial charge in [0.1, 0.15) is 0 Å². The molecule has 0 aromatic carbocycles. The number of carbonyl (C=O) groups is 2. The van der Waals surface area contributed by atoms with E-state index < -0.39 is 11.5 Å². The Morgan fingerprint density at radius 2 is 1.88 bits per heavy atom. The van der Waals surface area contributed by atoms with Crippen LogP contribution in [0.2, 0.25) is 0 Å². The molecule has 0 saturated heterocycles. The zero-order valence-electron chi connectivity index (χ0n) is 21.0. The van der Waals surface area contributed by atoms with Gasteiger partial charge < -0.3 is 20.8 Å². The number of anilines is 1. The van der Waals surface area contributed by atoms with Gasteiger partial charge in [-0.25, -0.2) is 4.98 Å². The fraction of sp³-hybridized carbons (Fsp3) is 0.808. The van der Waals surface area contributed by atoms with Gasteiger partial charge in [-0.2, -0.15) is 0 Å². The van der Waals surface area contributed by atoms with Crippen LogP contribution in [0.4, 0.5) is 5.13 Å². The van der Waals surface area contributed by atoms with Crippen LogP contribution in [0.3, 0.4) is 0 Å². The van der Waals surface area contributed by atoms with Crippen LogP contribution in [0.5, 0.6) is 0 Å². The molecule has 1 aromatic rings. The molecule has 5 atom stereocenters. The lowest BCUT2D eigenvalue weighted by molar-refractivity contribution is -0.144. The fourth-order valence-electron chi connectivity index (χ4n) is 6.84. The number of nitrogens with zero attached hydrogens (tertiary/aromatic N) is 1. The van der Waals surface area contributed by atoms with Crippen LogP contribution in [0.25, 0.3) is 0 Å². The van der Waals surface area contributed by atoms with Gasteiger partial charge >= 0.3 is 0 Å². The van der Waals surface area contributed by atoms with E-state index in [-0.39, 0.29) is 47.6 Å². The van der Waals surface area contributed by atoms with Crippen LogP contribution >= 0.6 is 11.3 Å². The molecule has 3 aliphatic carbocycles. The third-order valence-electron chi connectivity index (χ3n) is 8.94. The summed E-state index contributed by atoms with van der Waals surface area (Å²) in [6, 6.07) is 0.0517. The second-order valence-corrected chi connectivity index (χ2v) is 12.7. The standard InChI is InChI=1S/C26H41N3O4S/c1-15(2)27-21(32)12-17-22-18(13-19-25(17,3)11-10-20(31)26(19,4)14-30)34-24(28-22)29-23(33)16-8-6-5-7-9-16/h15-17,19-20,30-31H,5-14H2,1-4H3,(H,27,32)(H,28,29,33)/t17-,19+,20+,25-,26-/m0/s1. The summed E-state index contributed by atoms with van der Waals surface area (Å²) in [6.07, 6.45) is 7.05. The molecule has 1 aromatic heterocycles. The average molecular weight is 492 g/mol. The number of hydrogen-bond acceptors (Lipinski definition) is 6. The highest BCUT2D eigenvalue weighted by atomic mass is 32.1. The number of amides is 2. The van der Waals surface area contributed by atoms with Crippen molar-refractivity contribution < 1.29 is 19.8 Å². The number of thiazole rings is 1. The maximum atomic E-state index is 12.9. The molecule has 1 heterocycles. The first-order valence-corrected chi connectivity index (χ1v) is 13.8. The Morgan fingerprint density at radius 3 is 2.53 bits per heavy atom. The summed E-state index contributed by atoms with van der Waals surface area (Å²) in [5, 5.41) is 28.0. The minimum atomic E-state index is -0.646. The first-order valence-electron chi connectivity index (χ1n) is 13.0. The molecule has 0 unspecified atom stereocenters. The molecule has 7 nitrogen and oxygen atoms in total. The first-order chi connectivity index (χ1) is 16.1. The van der Waals surface area contributed by atoms with Gasteiger partial charge in [0.2, 0.25) is 11.8 Å². The zero-order valence-corrected chi connectivity index (χ0v) is 21.8. The lowest BCUT2D eigenvalue weighted by Gasteiger charge is -2.58. The molecule has 0 aliphatic heterocycles. The zero-order chi connectivity index (χ0) is 24.7. The molecular formula is C26H41N3O4S. The van der Waals surface area contributed by atoms with Crippen molar-refractivity contribution >= 4 is 28.3 Å². The molecule has 0 spiro atoms. The summed E-state index contributed by atoms with van der Waals surface area (Å²) in [7, 11) is 0. The summed E-state index contributed by atoms with van der Waals surface area (Å²) in [5.41, 5.74) is -0.0118. The number of carbonyl (C=O) groups excluding carboxylic acids is 2. The maximum absolute atomic E-state index is 12.9. The van der Waals surface area contributed by atoms with E-state index in [1.54, 1.807) is 0 Å². The van der Waals surface area contributed by atoms with Crippen molar-refractivity contribution in [3.8, 4) is 0 Å². The number of hydrogen-bond donors (Lipinski definition) is 4. The van der Waals surface area contributed by atoms with E-state index in [0.29, 0.717) is 24.4 Å². The Kier molecular flexibility index (Phi) is 7.42. The maximum Gasteiger partial charge on any atom is 0.229 e. The molecule has 3 aliphatic rings. The number of nitrogens with one attached hydrogen (secondary N) is 2. The second-order valence-electron chi connectivity index (χ2n) is 11.6. The van der Waals surface area contributed by atoms with Gasteiger partial charge in [-0.05, 0) is 57.3 Å². The summed E-state index contributed by atoms with van der Waals surface area (Å²) in [4.78, 5) is 31.8. The van der Waals surface area contributed by atoms with Crippen molar-refractivity contribution in [2.75, 3.05) is 11.9 Å². The highest BCUT2D eigenvalue weighted by molar-refractivity contribution is 7.15. The molecule has 4 N–H and O–H groups in total. The van der Waals surface area contributed by atoms with E-state index in [0.717, 1.165) is 42.7 Å². The SMILES string of the molecule is CC(C)NC(=O)C[C@H]1c2nc(NC(=O)C3CCCCC3)sc2C[C@H]2[C@](C)(CO)[C@H](O)CC[C@]21C. The Morgan fingerprint density at radius 1 is 1.18 bits per heavy atom. The number of fused-ring (bicyclic) bond motifs is 2. The topological polar surface area (TPSA) is 112 Å². The van der Waals surface area contributed by atoms with Gasteiger partial charge in [0, 0.05) is 34.6 Å². The quantitative estimate of drug-likeness (QED) is 0.481. The normalized spacial score (nSPS) is 33.8. The summed E-state index contributed by atoms with van der Waals surface area (Å²) in [6.45, 7) is 7.99. The lowest BCUT2D eigenvalue weighted by Crippen LogP contribution is -2.57. The van der Waals surface area contributed by atoms with Gasteiger partial charge in [0.05, 0.1) is 18.4 Å². The predicted octanol–water partition coefficient (Wildman–Crippen LogP) is 3.99. The third kappa shape index (κ3) is 4.65. The van der Waals surface area contributed by atoms with Crippen molar-refractivity contribution in [2.24, 2.45) is 22.7 Å². The Labute approximate surface area is 207 Å². The minimum absolute atomic E-state index is 0.00885. The van der Waals surface area contributed by atoms with E-state index in [1.165, 1.54) is 17.8 Å². The van der Waals surface area contributed by atoms with E-state index in [1.807, 2.05) is 20.8 Å². The highest BCUT2D eigenvalue weighted by Gasteiger charge is 2.59. The fourth-order valence-corrected chi connectivity index (χ4v) is 7.91. The van der Waals surface area contributed by atoms with E-state index >= 15 is 0 Å². The van der Waals surface area contributed by atoms with Gasteiger partial charge in [-0.3, -0.25) is 9.59 Å². The van der Waals surface area contributed by atoms with Crippen LogP contribution in [0, 0.1) is 22.7 Å². The Balaban J connectivity index is 1.67. The lowest BCUT2D eigenvalue weighted by atomic mass is 9.47. The van der Waals surface area contributed by atoms with Gasteiger partial charge in [0.15, 0.2) is 5.13 Å². The van der Waals surface area contributed by atoms with Gasteiger partial charge in [-0.15, -0.1) is 11.3 Å². The molecule has 0 bridgehead atoms. The number of aliphatic hydroxyl groups is 2.